The fourth-order valence-electron chi connectivity index (χ4n) is 2.36. The van der Waals surface area contributed by atoms with E-state index in [1.807, 2.05) is 0 Å². The number of alkyl halides is 3. The summed E-state index contributed by atoms with van der Waals surface area (Å²) in [6.07, 6.45) is -4.20. The van der Waals surface area contributed by atoms with Crippen molar-refractivity contribution in [1.82, 2.24) is 10.2 Å². The number of piperazine rings is 1. The normalized spacial score (nSPS) is 17.1. The molecule has 1 aliphatic rings. The van der Waals surface area contributed by atoms with Crippen LogP contribution >= 0.6 is 0 Å². The lowest BCUT2D eigenvalue weighted by Crippen LogP contribution is -2.50. The van der Waals surface area contributed by atoms with Crippen LogP contribution in [-0.4, -0.2) is 36.3 Å². The summed E-state index contributed by atoms with van der Waals surface area (Å²) in [6.45, 7) is 2.71. The summed E-state index contributed by atoms with van der Waals surface area (Å²) < 4.78 is 37.5. The molecule has 1 aromatic carbocycles. The molecule has 0 aliphatic carbocycles. The molecule has 7 heteroatoms. The fourth-order valence-corrected chi connectivity index (χ4v) is 2.36. The minimum Gasteiger partial charge on any atom is -0.353 e. The second-order valence-electron chi connectivity index (χ2n) is 5.39. The van der Waals surface area contributed by atoms with Crippen LogP contribution in [0.2, 0.25) is 0 Å². The summed E-state index contributed by atoms with van der Waals surface area (Å²) in [4.78, 5) is 24.8. The maximum Gasteiger partial charge on any atom is 0.416 e. The maximum atomic E-state index is 12.5. The molecule has 1 unspecified atom stereocenters. The highest BCUT2D eigenvalue weighted by Crippen LogP contribution is 2.30. The van der Waals surface area contributed by atoms with Gasteiger partial charge in [0.1, 0.15) is 0 Å². The number of carbonyl (C=O) groups excluding carboxylic acids is 2. The number of hydrogen-bond acceptors (Lipinski definition) is 2. The Morgan fingerprint density at radius 1 is 1.32 bits per heavy atom. The average Bonchev–Trinajstić information content (AvgIpc) is 2.46. The minimum atomic E-state index is -4.36. The molecule has 0 saturated carbocycles. The Labute approximate surface area is 126 Å². The summed E-state index contributed by atoms with van der Waals surface area (Å²) in [5.74, 6) is -0.566. The predicted molar refractivity (Wildman–Crippen MR) is 74.1 cm³/mol. The standard InChI is InChI=1S/C15H17F3N2O2/c1-10(8-14(22)20-7-6-19-13(21)9-20)11-2-4-12(5-3-11)15(16,17)18/h2-5,10H,6-9H2,1H3,(H,19,21). The van der Waals surface area contributed by atoms with E-state index in [1.165, 1.54) is 17.0 Å². The van der Waals surface area contributed by atoms with Crippen molar-refractivity contribution >= 4 is 11.8 Å². The van der Waals surface area contributed by atoms with Gasteiger partial charge in [-0.1, -0.05) is 19.1 Å². The van der Waals surface area contributed by atoms with E-state index in [0.717, 1.165) is 12.1 Å². The lowest BCUT2D eigenvalue weighted by Gasteiger charge is -2.27. The molecule has 0 radical (unpaired) electrons. The highest BCUT2D eigenvalue weighted by Gasteiger charge is 2.30. The van der Waals surface area contributed by atoms with Crippen molar-refractivity contribution in [3.8, 4) is 0 Å². The molecule has 1 atom stereocenters. The Bertz CT molecular complexity index is 555. The van der Waals surface area contributed by atoms with Crippen molar-refractivity contribution < 1.29 is 22.8 Å². The summed E-state index contributed by atoms with van der Waals surface area (Å²) >= 11 is 0. The number of halogens is 3. The first kappa shape index (κ1) is 16.3. The maximum absolute atomic E-state index is 12.5. The number of carbonyl (C=O) groups is 2. The van der Waals surface area contributed by atoms with Crippen LogP contribution in [0.15, 0.2) is 24.3 Å². The number of nitrogens with one attached hydrogen (secondary N) is 1. The van der Waals surface area contributed by atoms with Crippen LogP contribution in [0, 0.1) is 0 Å². The van der Waals surface area contributed by atoms with Crippen LogP contribution in [0.3, 0.4) is 0 Å². The summed E-state index contributed by atoms with van der Waals surface area (Å²) in [5, 5.41) is 2.63. The average molecular weight is 314 g/mol. The molecular formula is C15H17F3N2O2. The van der Waals surface area contributed by atoms with Crippen molar-refractivity contribution in [2.24, 2.45) is 0 Å². The molecule has 1 fully saturated rings. The first-order chi connectivity index (χ1) is 10.3. The van der Waals surface area contributed by atoms with Crippen LogP contribution in [0.25, 0.3) is 0 Å². The molecule has 0 bridgehead atoms. The van der Waals surface area contributed by atoms with Crippen molar-refractivity contribution in [3.05, 3.63) is 35.4 Å². The van der Waals surface area contributed by atoms with Gasteiger partial charge in [0.2, 0.25) is 11.8 Å². The Balaban J connectivity index is 1.98. The van der Waals surface area contributed by atoms with Crippen LogP contribution < -0.4 is 5.32 Å². The van der Waals surface area contributed by atoms with Crippen molar-refractivity contribution in [2.75, 3.05) is 19.6 Å². The first-order valence-corrected chi connectivity index (χ1v) is 6.99. The number of hydrogen-bond donors (Lipinski definition) is 1. The summed E-state index contributed by atoms with van der Waals surface area (Å²) in [5.41, 5.74) is -0.0368. The minimum absolute atomic E-state index is 0.0402. The zero-order valence-corrected chi connectivity index (χ0v) is 12.1. The zero-order chi connectivity index (χ0) is 16.3. The predicted octanol–water partition coefficient (Wildman–Crippen LogP) is 2.16. The van der Waals surface area contributed by atoms with Gasteiger partial charge in [-0.2, -0.15) is 13.2 Å². The molecular weight excluding hydrogens is 297 g/mol. The molecule has 4 nitrogen and oxygen atoms in total. The van der Waals surface area contributed by atoms with Gasteiger partial charge in [0, 0.05) is 19.5 Å². The summed E-state index contributed by atoms with van der Waals surface area (Å²) in [7, 11) is 0. The van der Waals surface area contributed by atoms with Gasteiger partial charge >= 0.3 is 6.18 Å². The third-order valence-electron chi connectivity index (χ3n) is 3.68. The number of rotatable bonds is 3. The van der Waals surface area contributed by atoms with Gasteiger partial charge in [-0.3, -0.25) is 9.59 Å². The van der Waals surface area contributed by atoms with Crippen LogP contribution in [-0.2, 0) is 15.8 Å². The van der Waals surface area contributed by atoms with E-state index in [2.05, 4.69) is 5.32 Å². The highest BCUT2D eigenvalue weighted by molar-refractivity contribution is 5.86. The van der Waals surface area contributed by atoms with E-state index in [9.17, 15) is 22.8 Å². The SMILES string of the molecule is CC(CC(=O)N1CCNC(=O)C1)c1ccc(C(F)(F)F)cc1. The third kappa shape index (κ3) is 3.99. The smallest absolute Gasteiger partial charge is 0.353 e. The van der Waals surface area contributed by atoms with Gasteiger partial charge in [0.15, 0.2) is 0 Å². The Morgan fingerprint density at radius 2 is 1.95 bits per heavy atom. The quantitative estimate of drug-likeness (QED) is 0.929. The summed E-state index contributed by atoms with van der Waals surface area (Å²) in [6, 6.07) is 4.82. The van der Waals surface area contributed by atoms with E-state index >= 15 is 0 Å². The lowest BCUT2D eigenvalue weighted by molar-refractivity contribution is -0.138. The fraction of sp³-hybridized carbons (Fsp3) is 0.467. The second kappa shape index (κ2) is 6.37. The molecule has 120 valence electrons. The monoisotopic (exact) mass is 314 g/mol. The number of benzene rings is 1. The van der Waals surface area contributed by atoms with Crippen LogP contribution in [0.4, 0.5) is 13.2 Å². The number of nitrogens with zero attached hydrogens (tertiary/aromatic N) is 1. The van der Waals surface area contributed by atoms with E-state index in [4.69, 9.17) is 0 Å². The van der Waals surface area contributed by atoms with E-state index in [1.54, 1.807) is 6.92 Å². The molecule has 0 spiro atoms. The van der Waals surface area contributed by atoms with Gasteiger partial charge in [-0.15, -0.1) is 0 Å². The third-order valence-corrected chi connectivity index (χ3v) is 3.68. The topological polar surface area (TPSA) is 49.4 Å². The van der Waals surface area contributed by atoms with Crippen LogP contribution in [0.1, 0.15) is 30.4 Å². The second-order valence-corrected chi connectivity index (χ2v) is 5.39. The van der Waals surface area contributed by atoms with Crippen LogP contribution in [0.5, 0.6) is 0 Å². The molecule has 2 rings (SSSR count). The number of amides is 2. The van der Waals surface area contributed by atoms with Gasteiger partial charge in [0.05, 0.1) is 12.1 Å². The Hall–Kier alpha value is -2.05. The van der Waals surface area contributed by atoms with E-state index < -0.39 is 11.7 Å². The molecule has 1 saturated heterocycles. The Kier molecular flexibility index (Phi) is 4.73. The largest absolute Gasteiger partial charge is 0.416 e. The molecule has 1 aliphatic heterocycles. The zero-order valence-electron chi connectivity index (χ0n) is 12.1. The van der Waals surface area contributed by atoms with Gasteiger partial charge in [0.25, 0.3) is 0 Å². The van der Waals surface area contributed by atoms with Crippen molar-refractivity contribution in [3.63, 3.8) is 0 Å². The molecule has 0 aromatic heterocycles. The van der Waals surface area contributed by atoms with Crippen molar-refractivity contribution in [2.45, 2.75) is 25.4 Å². The molecule has 1 heterocycles. The van der Waals surface area contributed by atoms with E-state index in [0.29, 0.717) is 18.7 Å². The first-order valence-electron chi connectivity index (χ1n) is 6.99. The van der Waals surface area contributed by atoms with Gasteiger partial charge < -0.3 is 10.2 Å². The molecule has 2 amide bonds. The highest BCUT2D eigenvalue weighted by atomic mass is 19.4. The molecule has 1 aromatic rings. The molecule has 22 heavy (non-hydrogen) atoms. The Morgan fingerprint density at radius 3 is 2.50 bits per heavy atom. The van der Waals surface area contributed by atoms with Gasteiger partial charge in [-0.05, 0) is 23.6 Å². The lowest BCUT2D eigenvalue weighted by atomic mass is 9.96. The van der Waals surface area contributed by atoms with E-state index in [-0.39, 0.29) is 30.7 Å². The van der Waals surface area contributed by atoms with Crippen molar-refractivity contribution in [1.29, 1.82) is 0 Å². The van der Waals surface area contributed by atoms with Gasteiger partial charge in [-0.25, -0.2) is 0 Å². The molecule has 1 N–H and O–H groups in total.